The molecular formula is C19H26N4O3. The molecule has 7 nitrogen and oxygen atoms in total. The predicted octanol–water partition coefficient (Wildman–Crippen LogP) is 2.92. The van der Waals surface area contributed by atoms with Crippen molar-refractivity contribution in [2.75, 3.05) is 25.5 Å². The number of benzene rings is 1. The van der Waals surface area contributed by atoms with Gasteiger partial charge in [0.2, 0.25) is 0 Å². The van der Waals surface area contributed by atoms with Crippen molar-refractivity contribution >= 4 is 17.7 Å². The molecule has 0 unspecified atom stereocenters. The van der Waals surface area contributed by atoms with Crippen LogP contribution < -0.4 is 5.32 Å². The molecule has 1 N–H and O–H groups in total. The van der Waals surface area contributed by atoms with Crippen LogP contribution >= 0.6 is 0 Å². The second-order valence-corrected chi connectivity index (χ2v) is 6.18. The Balaban J connectivity index is 1.96. The Labute approximate surface area is 153 Å². The van der Waals surface area contributed by atoms with Gasteiger partial charge in [-0.05, 0) is 51.0 Å². The Kier molecular flexibility index (Phi) is 6.38. The number of rotatable bonds is 6. The van der Waals surface area contributed by atoms with Crippen LogP contribution in [0, 0.1) is 13.8 Å². The molecule has 0 saturated carbocycles. The number of hydrogen-bond donors (Lipinski definition) is 1. The van der Waals surface area contributed by atoms with Crippen molar-refractivity contribution in [2.45, 2.75) is 27.2 Å². The summed E-state index contributed by atoms with van der Waals surface area (Å²) in [6.07, 6.45) is 0.734. The third-order valence-electron chi connectivity index (χ3n) is 4.33. The van der Waals surface area contributed by atoms with Gasteiger partial charge in [0.25, 0.3) is 0 Å². The summed E-state index contributed by atoms with van der Waals surface area (Å²) < 4.78 is 6.83. The highest BCUT2D eigenvalue weighted by Gasteiger charge is 2.14. The molecule has 0 fully saturated rings. The number of urea groups is 1. The summed E-state index contributed by atoms with van der Waals surface area (Å²) in [6, 6.07) is 6.49. The number of nitrogens with zero attached hydrogens (tertiary/aromatic N) is 3. The largest absolute Gasteiger partial charge is 0.462 e. The van der Waals surface area contributed by atoms with Gasteiger partial charge in [0, 0.05) is 32.0 Å². The maximum absolute atomic E-state index is 12.4. The van der Waals surface area contributed by atoms with Crippen LogP contribution in [0.25, 0.3) is 0 Å². The van der Waals surface area contributed by atoms with Crippen LogP contribution in [0.5, 0.6) is 0 Å². The number of carbonyl (C=O) groups excluding carboxylic acids is 2. The van der Waals surface area contributed by atoms with E-state index in [9.17, 15) is 9.59 Å². The normalized spacial score (nSPS) is 10.5. The molecule has 0 bridgehead atoms. The number of hydrogen-bond acceptors (Lipinski definition) is 4. The summed E-state index contributed by atoms with van der Waals surface area (Å²) in [5.74, 6) is -0.403. The zero-order valence-electron chi connectivity index (χ0n) is 16.0. The SMILES string of the molecule is CCOC(=O)c1cccc(NC(=O)N(C)CCc2c(C)nn(C)c2C)c1. The highest BCUT2D eigenvalue weighted by molar-refractivity contribution is 5.93. The van der Waals surface area contributed by atoms with Gasteiger partial charge in [-0.25, -0.2) is 9.59 Å². The molecule has 1 heterocycles. The van der Waals surface area contributed by atoms with E-state index in [1.54, 1.807) is 43.1 Å². The number of esters is 1. The first-order valence-corrected chi connectivity index (χ1v) is 8.61. The fourth-order valence-corrected chi connectivity index (χ4v) is 2.72. The van der Waals surface area contributed by atoms with Crippen molar-refractivity contribution in [1.82, 2.24) is 14.7 Å². The molecule has 0 atom stereocenters. The number of carbonyl (C=O) groups is 2. The zero-order chi connectivity index (χ0) is 19.3. The van der Waals surface area contributed by atoms with E-state index in [1.165, 1.54) is 0 Å². The lowest BCUT2D eigenvalue weighted by Crippen LogP contribution is -2.33. The molecule has 0 saturated heterocycles. The Morgan fingerprint density at radius 1 is 1.31 bits per heavy atom. The first-order chi connectivity index (χ1) is 12.3. The molecular weight excluding hydrogens is 332 g/mol. The first-order valence-electron chi connectivity index (χ1n) is 8.61. The monoisotopic (exact) mass is 358 g/mol. The van der Waals surface area contributed by atoms with Gasteiger partial charge in [-0.15, -0.1) is 0 Å². The second kappa shape index (κ2) is 8.51. The van der Waals surface area contributed by atoms with Crippen molar-refractivity contribution in [2.24, 2.45) is 7.05 Å². The third kappa shape index (κ3) is 4.62. The number of nitrogens with one attached hydrogen (secondary N) is 1. The fraction of sp³-hybridized carbons (Fsp3) is 0.421. The van der Waals surface area contributed by atoms with E-state index >= 15 is 0 Å². The molecule has 1 aromatic heterocycles. The van der Waals surface area contributed by atoms with Crippen molar-refractivity contribution in [3.05, 3.63) is 46.8 Å². The van der Waals surface area contributed by atoms with Gasteiger partial charge in [-0.2, -0.15) is 5.10 Å². The fourth-order valence-electron chi connectivity index (χ4n) is 2.72. The van der Waals surface area contributed by atoms with Crippen LogP contribution in [-0.2, 0) is 18.2 Å². The summed E-state index contributed by atoms with van der Waals surface area (Å²) in [7, 11) is 3.66. The molecule has 7 heteroatoms. The molecule has 2 aromatic rings. The van der Waals surface area contributed by atoms with Crippen LogP contribution in [0.4, 0.5) is 10.5 Å². The Hall–Kier alpha value is -2.83. The molecule has 0 radical (unpaired) electrons. The van der Waals surface area contributed by atoms with Crippen LogP contribution in [-0.4, -0.2) is 46.9 Å². The minimum absolute atomic E-state index is 0.231. The number of amides is 2. The minimum Gasteiger partial charge on any atom is -0.462 e. The van der Waals surface area contributed by atoms with Crippen molar-refractivity contribution in [3.8, 4) is 0 Å². The average Bonchev–Trinajstić information content (AvgIpc) is 2.85. The highest BCUT2D eigenvalue weighted by atomic mass is 16.5. The summed E-state index contributed by atoms with van der Waals surface area (Å²) in [5.41, 5.74) is 4.23. The van der Waals surface area contributed by atoms with Crippen molar-refractivity contribution in [3.63, 3.8) is 0 Å². The molecule has 0 spiro atoms. The van der Waals surface area contributed by atoms with Crippen LogP contribution in [0.15, 0.2) is 24.3 Å². The molecule has 2 rings (SSSR count). The van der Waals surface area contributed by atoms with Gasteiger partial charge in [0.15, 0.2) is 0 Å². The van der Waals surface area contributed by atoms with E-state index in [4.69, 9.17) is 4.74 Å². The molecule has 140 valence electrons. The van der Waals surface area contributed by atoms with Gasteiger partial charge in [0.05, 0.1) is 17.9 Å². The van der Waals surface area contributed by atoms with Crippen molar-refractivity contribution < 1.29 is 14.3 Å². The van der Waals surface area contributed by atoms with E-state index in [1.807, 2.05) is 25.6 Å². The average molecular weight is 358 g/mol. The molecule has 2 amide bonds. The zero-order valence-corrected chi connectivity index (χ0v) is 16.0. The first kappa shape index (κ1) is 19.5. The number of aromatic nitrogens is 2. The summed E-state index contributed by atoms with van der Waals surface area (Å²) >= 11 is 0. The van der Waals surface area contributed by atoms with Gasteiger partial charge in [0.1, 0.15) is 0 Å². The lowest BCUT2D eigenvalue weighted by atomic mass is 10.1. The van der Waals surface area contributed by atoms with Gasteiger partial charge >= 0.3 is 12.0 Å². The van der Waals surface area contributed by atoms with E-state index < -0.39 is 5.97 Å². The molecule has 0 aliphatic rings. The summed E-state index contributed by atoms with van der Waals surface area (Å²) in [6.45, 7) is 6.63. The quantitative estimate of drug-likeness (QED) is 0.806. The van der Waals surface area contributed by atoms with Crippen molar-refractivity contribution in [1.29, 1.82) is 0 Å². The summed E-state index contributed by atoms with van der Waals surface area (Å²) in [5, 5.41) is 7.20. The topological polar surface area (TPSA) is 76.5 Å². The number of likely N-dealkylation sites (N-methyl/N-ethyl adjacent to an activating group) is 1. The Morgan fingerprint density at radius 2 is 2.04 bits per heavy atom. The highest BCUT2D eigenvalue weighted by Crippen LogP contribution is 2.14. The van der Waals surface area contributed by atoms with E-state index in [2.05, 4.69) is 10.4 Å². The Morgan fingerprint density at radius 3 is 2.65 bits per heavy atom. The van der Waals surface area contributed by atoms with Gasteiger partial charge in [-0.1, -0.05) is 6.07 Å². The lowest BCUT2D eigenvalue weighted by molar-refractivity contribution is 0.0526. The third-order valence-corrected chi connectivity index (χ3v) is 4.33. The number of aryl methyl sites for hydroxylation is 2. The predicted molar refractivity (Wildman–Crippen MR) is 100 cm³/mol. The van der Waals surface area contributed by atoms with E-state index in [0.29, 0.717) is 24.4 Å². The van der Waals surface area contributed by atoms with E-state index in [0.717, 1.165) is 23.4 Å². The number of anilines is 1. The molecule has 0 aliphatic heterocycles. The van der Waals surface area contributed by atoms with Gasteiger partial charge < -0.3 is 15.0 Å². The molecule has 1 aromatic carbocycles. The summed E-state index contributed by atoms with van der Waals surface area (Å²) in [4.78, 5) is 25.8. The second-order valence-electron chi connectivity index (χ2n) is 6.18. The minimum atomic E-state index is -0.403. The Bertz CT molecular complexity index is 798. The van der Waals surface area contributed by atoms with Crippen LogP contribution in [0.3, 0.4) is 0 Å². The standard InChI is InChI=1S/C19H26N4O3/c1-6-26-18(24)15-8-7-9-16(12-15)20-19(25)22(4)11-10-17-13(2)21-23(5)14(17)3/h7-9,12H,6,10-11H2,1-5H3,(H,20,25). The van der Waals surface area contributed by atoms with Crippen LogP contribution in [0.2, 0.25) is 0 Å². The van der Waals surface area contributed by atoms with Gasteiger partial charge in [-0.3, -0.25) is 4.68 Å². The van der Waals surface area contributed by atoms with E-state index in [-0.39, 0.29) is 6.03 Å². The smallest absolute Gasteiger partial charge is 0.338 e. The lowest BCUT2D eigenvalue weighted by Gasteiger charge is -2.18. The van der Waals surface area contributed by atoms with Crippen LogP contribution in [0.1, 0.15) is 34.2 Å². The molecule has 0 aliphatic carbocycles. The maximum atomic E-state index is 12.4. The maximum Gasteiger partial charge on any atom is 0.338 e. The number of ether oxygens (including phenoxy) is 1. The molecule has 26 heavy (non-hydrogen) atoms.